The van der Waals surface area contributed by atoms with E-state index in [0.717, 1.165) is 19.3 Å². The van der Waals surface area contributed by atoms with Gasteiger partial charge >= 0.3 is 0 Å². The Morgan fingerprint density at radius 3 is 2.70 bits per heavy atom. The molecule has 20 heavy (non-hydrogen) atoms. The van der Waals surface area contributed by atoms with Crippen LogP contribution in [0.25, 0.3) is 0 Å². The van der Waals surface area contributed by atoms with Crippen molar-refractivity contribution in [3.8, 4) is 0 Å². The third-order valence-corrected chi connectivity index (χ3v) is 5.60. The van der Waals surface area contributed by atoms with Crippen LogP contribution >= 0.6 is 0 Å². The molecule has 6 nitrogen and oxygen atoms in total. The summed E-state index contributed by atoms with van der Waals surface area (Å²) in [6, 6.07) is 0.0622. The molecule has 0 saturated carbocycles. The second-order valence-electron chi connectivity index (χ2n) is 5.57. The normalized spacial score (nSPS) is 21.8. The summed E-state index contributed by atoms with van der Waals surface area (Å²) in [6.45, 7) is 6.03. The topological polar surface area (TPSA) is 61.9 Å². The van der Waals surface area contributed by atoms with E-state index >= 15 is 0 Å². The van der Waals surface area contributed by atoms with Crippen LogP contribution in [0.5, 0.6) is 0 Å². The minimum Gasteiger partial charge on any atom is -0.377 e. The quantitative estimate of drug-likeness (QED) is 0.716. The molecule has 1 aliphatic rings. The van der Waals surface area contributed by atoms with Gasteiger partial charge in [0.15, 0.2) is 0 Å². The van der Waals surface area contributed by atoms with Crippen LogP contribution in [-0.4, -0.2) is 69.5 Å². The zero-order chi connectivity index (χ0) is 15.2. The van der Waals surface area contributed by atoms with Gasteiger partial charge < -0.3 is 10.1 Å². The highest BCUT2D eigenvalue weighted by atomic mass is 32.2. The van der Waals surface area contributed by atoms with Gasteiger partial charge in [-0.1, -0.05) is 6.42 Å². The lowest BCUT2D eigenvalue weighted by Gasteiger charge is -2.37. The Labute approximate surface area is 123 Å². The Morgan fingerprint density at radius 2 is 2.10 bits per heavy atom. The lowest BCUT2D eigenvalue weighted by atomic mass is 10.1. The molecular formula is C13H29N3O3S. The van der Waals surface area contributed by atoms with Crippen molar-refractivity contribution in [1.82, 2.24) is 13.9 Å². The summed E-state index contributed by atoms with van der Waals surface area (Å²) >= 11 is 0. The van der Waals surface area contributed by atoms with Gasteiger partial charge in [0.25, 0.3) is 10.2 Å². The summed E-state index contributed by atoms with van der Waals surface area (Å²) in [5, 5.41) is 3.09. The second kappa shape index (κ2) is 8.29. The van der Waals surface area contributed by atoms with Gasteiger partial charge in [-0.15, -0.1) is 0 Å². The molecule has 0 aromatic carbocycles. The number of ether oxygens (including phenoxy) is 1. The van der Waals surface area contributed by atoms with Crippen LogP contribution in [0.2, 0.25) is 0 Å². The third kappa shape index (κ3) is 4.96. The second-order valence-corrected chi connectivity index (χ2v) is 7.55. The molecule has 1 heterocycles. The molecule has 1 saturated heterocycles. The molecular weight excluding hydrogens is 278 g/mol. The highest BCUT2D eigenvalue weighted by Crippen LogP contribution is 2.21. The summed E-state index contributed by atoms with van der Waals surface area (Å²) < 4.78 is 33.7. The fourth-order valence-corrected chi connectivity index (χ4v) is 4.01. The summed E-state index contributed by atoms with van der Waals surface area (Å²) in [7, 11) is 0.105. The maximum Gasteiger partial charge on any atom is 0.282 e. The molecule has 1 fully saturated rings. The Balaban J connectivity index is 2.64. The fraction of sp³-hybridized carbons (Fsp3) is 1.00. The molecule has 0 bridgehead atoms. The van der Waals surface area contributed by atoms with Gasteiger partial charge in [-0.2, -0.15) is 17.0 Å². The van der Waals surface area contributed by atoms with E-state index in [9.17, 15) is 8.42 Å². The van der Waals surface area contributed by atoms with Crippen LogP contribution in [0.4, 0.5) is 0 Å². The smallest absolute Gasteiger partial charge is 0.282 e. The van der Waals surface area contributed by atoms with Crippen molar-refractivity contribution in [2.24, 2.45) is 0 Å². The Morgan fingerprint density at radius 1 is 1.40 bits per heavy atom. The van der Waals surface area contributed by atoms with Gasteiger partial charge in [0.1, 0.15) is 0 Å². The molecule has 0 amide bonds. The first-order valence-corrected chi connectivity index (χ1v) is 8.78. The van der Waals surface area contributed by atoms with Crippen molar-refractivity contribution >= 4 is 10.2 Å². The van der Waals surface area contributed by atoms with E-state index in [2.05, 4.69) is 5.32 Å². The average Bonchev–Trinajstić information content (AvgIpc) is 2.39. The first-order valence-electron chi connectivity index (χ1n) is 7.39. The lowest BCUT2D eigenvalue weighted by Crippen LogP contribution is -2.52. The van der Waals surface area contributed by atoms with E-state index in [-0.39, 0.29) is 12.1 Å². The zero-order valence-corrected chi connectivity index (χ0v) is 13.9. The Kier molecular flexibility index (Phi) is 7.39. The first kappa shape index (κ1) is 17.8. The van der Waals surface area contributed by atoms with Crippen LogP contribution in [0, 0.1) is 0 Å². The SMILES string of the molecule is CNCC1CCCCN1S(=O)(=O)N(C)CCOC(C)C. The van der Waals surface area contributed by atoms with Crippen molar-refractivity contribution in [3.05, 3.63) is 0 Å². The monoisotopic (exact) mass is 307 g/mol. The van der Waals surface area contributed by atoms with Gasteiger partial charge in [-0.3, -0.25) is 0 Å². The van der Waals surface area contributed by atoms with E-state index in [4.69, 9.17) is 4.74 Å². The van der Waals surface area contributed by atoms with E-state index in [0.29, 0.717) is 26.2 Å². The molecule has 0 aromatic rings. The van der Waals surface area contributed by atoms with Crippen LogP contribution in [0.15, 0.2) is 0 Å². The number of hydrogen-bond donors (Lipinski definition) is 1. The molecule has 1 N–H and O–H groups in total. The minimum absolute atomic E-state index is 0.0622. The first-order chi connectivity index (χ1) is 9.39. The van der Waals surface area contributed by atoms with Gasteiger partial charge in [0.05, 0.1) is 12.7 Å². The molecule has 0 spiro atoms. The molecule has 1 atom stereocenters. The largest absolute Gasteiger partial charge is 0.377 e. The standard InChI is InChI=1S/C13H29N3O3S/c1-12(2)19-10-9-15(4)20(17,18)16-8-6-5-7-13(16)11-14-3/h12-14H,5-11H2,1-4H3. The summed E-state index contributed by atoms with van der Waals surface area (Å²) in [5.41, 5.74) is 0. The molecule has 0 radical (unpaired) electrons. The predicted octanol–water partition coefficient (Wildman–Crippen LogP) is 0.662. The van der Waals surface area contributed by atoms with Crippen molar-refractivity contribution in [3.63, 3.8) is 0 Å². The lowest BCUT2D eigenvalue weighted by molar-refractivity contribution is 0.0724. The summed E-state index contributed by atoms with van der Waals surface area (Å²) in [5.74, 6) is 0. The van der Waals surface area contributed by atoms with Crippen LogP contribution < -0.4 is 5.32 Å². The van der Waals surface area contributed by atoms with Crippen LogP contribution in [-0.2, 0) is 14.9 Å². The van der Waals surface area contributed by atoms with Crippen molar-refractivity contribution in [1.29, 1.82) is 0 Å². The molecule has 120 valence electrons. The van der Waals surface area contributed by atoms with E-state index in [1.807, 2.05) is 20.9 Å². The summed E-state index contributed by atoms with van der Waals surface area (Å²) in [6.07, 6.45) is 3.09. The molecule has 0 aromatic heterocycles. The van der Waals surface area contributed by atoms with E-state index in [1.54, 1.807) is 11.4 Å². The van der Waals surface area contributed by atoms with Gasteiger partial charge in [-0.05, 0) is 33.7 Å². The average molecular weight is 307 g/mol. The van der Waals surface area contributed by atoms with Crippen molar-refractivity contribution in [2.45, 2.75) is 45.3 Å². The molecule has 0 aliphatic carbocycles. The number of likely N-dealkylation sites (N-methyl/N-ethyl adjacent to an activating group) is 2. The maximum absolute atomic E-state index is 12.6. The van der Waals surface area contributed by atoms with Crippen LogP contribution in [0.3, 0.4) is 0 Å². The van der Waals surface area contributed by atoms with Gasteiger partial charge in [0.2, 0.25) is 0 Å². The maximum atomic E-state index is 12.6. The van der Waals surface area contributed by atoms with Crippen molar-refractivity contribution < 1.29 is 13.2 Å². The molecule has 1 aliphatic heterocycles. The number of rotatable bonds is 8. The van der Waals surface area contributed by atoms with Crippen LogP contribution in [0.1, 0.15) is 33.1 Å². The third-order valence-electron chi connectivity index (χ3n) is 3.56. The molecule has 1 rings (SSSR count). The summed E-state index contributed by atoms with van der Waals surface area (Å²) in [4.78, 5) is 0. The Hall–Kier alpha value is -0.210. The number of nitrogens with zero attached hydrogens (tertiary/aromatic N) is 2. The number of piperidine rings is 1. The van der Waals surface area contributed by atoms with E-state index in [1.165, 1.54) is 4.31 Å². The number of hydrogen-bond acceptors (Lipinski definition) is 4. The van der Waals surface area contributed by atoms with Gasteiger partial charge in [-0.25, -0.2) is 0 Å². The highest BCUT2D eigenvalue weighted by Gasteiger charge is 2.34. The van der Waals surface area contributed by atoms with E-state index < -0.39 is 10.2 Å². The fourth-order valence-electron chi connectivity index (χ4n) is 2.43. The zero-order valence-electron chi connectivity index (χ0n) is 13.1. The van der Waals surface area contributed by atoms with Crippen molar-refractivity contribution in [2.75, 3.05) is 40.3 Å². The number of nitrogens with one attached hydrogen (secondary N) is 1. The molecule has 1 unspecified atom stereocenters. The Bertz CT molecular complexity index is 371. The predicted molar refractivity (Wildman–Crippen MR) is 80.9 cm³/mol. The minimum atomic E-state index is -3.38. The van der Waals surface area contributed by atoms with Gasteiger partial charge in [0, 0.05) is 32.7 Å². The molecule has 7 heteroatoms. The highest BCUT2D eigenvalue weighted by molar-refractivity contribution is 7.86.